The van der Waals surface area contributed by atoms with E-state index in [2.05, 4.69) is 0 Å². The van der Waals surface area contributed by atoms with Crippen LogP contribution in [0, 0.1) is 35.5 Å². The SMILES string of the molecule is COC(=O)C1=CC2[C@@H]3C(=O)N(c4ccccc4)C(=O)[C@@H]3C1[C@@H]1C(=O)N(c3ccccc3)C(=O)[C@@H]21. The Bertz CT molecular complexity index is 1200. The highest BCUT2D eigenvalue weighted by Crippen LogP contribution is 2.60. The Morgan fingerprint density at radius 2 is 1.06 bits per heavy atom. The van der Waals surface area contributed by atoms with Crippen molar-refractivity contribution in [2.45, 2.75) is 0 Å². The lowest BCUT2D eigenvalue weighted by Gasteiger charge is -2.46. The number of benzene rings is 2. The zero-order chi connectivity index (χ0) is 23.7. The number of methoxy groups -OCH3 is 1. The summed E-state index contributed by atoms with van der Waals surface area (Å²) >= 11 is 0. The number of esters is 1. The summed E-state index contributed by atoms with van der Waals surface area (Å²) in [4.78, 5) is 69.4. The van der Waals surface area contributed by atoms with Crippen LogP contribution in [0.3, 0.4) is 0 Å². The van der Waals surface area contributed by atoms with Crippen molar-refractivity contribution in [2.24, 2.45) is 35.5 Å². The molecule has 5 aliphatic rings. The zero-order valence-corrected chi connectivity index (χ0v) is 18.2. The van der Waals surface area contributed by atoms with E-state index in [0.717, 1.165) is 9.80 Å². The van der Waals surface area contributed by atoms with Crippen molar-refractivity contribution in [3.8, 4) is 0 Å². The van der Waals surface area contributed by atoms with E-state index >= 15 is 0 Å². The van der Waals surface area contributed by atoms with Crippen LogP contribution in [0.15, 0.2) is 72.3 Å². The van der Waals surface area contributed by atoms with Crippen molar-refractivity contribution < 1.29 is 28.7 Å². The van der Waals surface area contributed by atoms with Gasteiger partial charge in [0.25, 0.3) is 0 Å². The molecular formula is C26H20N2O6. The van der Waals surface area contributed by atoms with Gasteiger partial charge in [-0.15, -0.1) is 0 Å². The van der Waals surface area contributed by atoms with Gasteiger partial charge in [0.1, 0.15) is 0 Å². The van der Waals surface area contributed by atoms with Crippen molar-refractivity contribution in [3.63, 3.8) is 0 Å². The lowest BCUT2D eigenvalue weighted by atomic mass is 9.52. The number of hydrogen-bond acceptors (Lipinski definition) is 6. The normalized spacial score (nSPS) is 31.5. The van der Waals surface area contributed by atoms with Gasteiger partial charge in [-0.25, -0.2) is 4.79 Å². The predicted octanol–water partition coefficient (Wildman–Crippen LogP) is 1.96. The first-order valence-electron chi connectivity index (χ1n) is 11.1. The maximum absolute atomic E-state index is 13.6. The van der Waals surface area contributed by atoms with Crippen LogP contribution in [0.1, 0.15) is 0 Å². The van der Waals surface area contributed by atoms with Gasteiger partial charge in [-0.1, -0.05) is 42.5 Å². The van der Waals surface area contributed by atoms with Crippen LogP contribution >= 0.6 is 0 Å². The molecular weight excluding hydrogens is 436 g/mol. The van der Waals surface area contributed by atoms with Crippen LogP contribution in [0.25, 0.3) is 0 Å². The van der Waals surface area contributed by atoms with Crippen LogP contribution in [0.4, 0.5) is 11.4 Å². The minimum Gasteiger partial charge on any atom is -0.466 e. The van der Waals surface area contributed by atoms with Crippen LogP contribution in [0.2, 0.25) is 0 Å². The summed E-state index contributed by atoms with van der Waals surface area (Å²) in [6, 6.07) is 17.1. The summed E-state index contributed by atoms with van der Waals surface area (Å²) in [6.07, 6.45) is 1.60. The fraction of sp³-hybridized carbons (Fsp3) is 0.269. The van der Waals surface area contributed by atoms with E-state index in [1.807, 2.05) is 0 Å². The highest BCUT2D eigenvalue weighted by atomic mass is 16.5. The Hall–Kier alpha value is -4.07. The van der Waals surface area contributed by atoms with Gasteiger partial charge >= 0.3 is 5.97 Å². The number of rotatable bonds is 3. The van der Waals surface area contributed by atoms with Crippen LogP contribution in [0.5, 0.6) is 0 Å². The summed E-state index contributed by atoms with van der Waals surface area (Å²) < 4.78 is 4.96. The second-order valence-electron chi connectivity index (χ2n) is 9.01. The maximum atomic E-state index is 13.6. The molecule has 2 aromatic carbocycles. The Balaban J connectivity index is 1.49. The quantitative estimate of drug-likeness (QED) is 0.517. The summed E-state index contributed by atoms with van der Waals surface area (Å²) in [6.45, 7) is 0. The summed E-state index contributed by atoms with van der Waals surface area (Å²) in [7, 11) is 1.23. The molecule has 2 bridgehead atoms. The van der Waals surface area contributed by atoms with Gasteiger partial charge in [0.2, 0.25) is 23.6 Å². The molecule has 2 saturated heterocycles. The molecule has 2 unspecified atom stereocenters. The molecule has 2 heterocycles. The summed E-state index contributed by atoms with van der Waals surface area (Å²) in [5.74, 6) is -7.52. The standard InChI is InChI=1S/C26H20N2O6/c1-34-26(33)16-12-15-18-20(24(31)27(22(18)29)13-8-4-2-5-9-13)17(16)21-19(15)23(30)28(25(21)32)14-10-6-3-7-11-14/h2-12,15,17-21H,1H3/t15?,17?,18-,19-,20-,21+/m0/s1. The molecule has 6 atom stereocenters. The van der Waals surface area contributed by atoms with Gasteiger partial charge in [-0.3, -0.25) is 29.0 Å². The lowest BCUT2D eigenvalue weighted by molar-refractivity contribution is -0.145. The third kappa shape index (κ3) is 2.50. The number of carbonyl (C=O) groups excluding carboxylic acids is 5. The highest BCUT2D eigenvalue weighted by molar-refractivity contribution is 6.27. The zero-order valence-electron chi connectivity index (χ0n) is 18.2. The molecule has 7 rings (SSSR count). The van der Waals surface area contributed by atoms with E-state index in [4.69, 9.17) is 4.74 Å². The topological polar surface area (TPSA) is 101 Å². The third-order valence-corrected chi connectivity index (χ3v) is 7.58. The van der Waals surface area contributed by atoms with E-state index < -0.39 is 65.1 Å². The monoisotopic (exact) mass is 456 g/mol. The van der Waals surface area contributed by atoms with Crippen molar-refractivity contribution in [1.29, 1.82) is 0 Å². The Morgan fingerprint density at radius 1 is 0.647 bits per heavy atom. The van der Waals surface area contributed by atoms with E-state index in [1.54, 1.807) is 66.7 Å². The van der Waals surface area contributed by atoms with Gasteiger partial charge in [-0.05, 0) is 24.3 Å². The number of nitrogens with zero attached hydrogens (tertiary/aromatic N) is 2. The number of hydrogen-bond donors (Lipinski definition) is 0. The Kier molecular flexibility index (Phi) is 4.36. The van der Waals surface area contributed by atoms with E-state index in [1.165, 1.54) is 7.11 Å². The minimum atomic E-state index is -0.914. The average molecular weight is 456 g/mol. The molecule has 34 heavy (non-hydrogen) atoms. The van der Waals surface area contributed by atoms with Gasteiger partial charge in [0.05, 0.1) is 42.2 Å². The Morgan fingerprint density at radius 3 is 1.47 bits per heavy atom. The molecule has 0 N–H and O–H groups in total. The van der Waals surface area contributed by atoms with E-state index in [0.29, 0.717) is 11.4 Å². The van der Waals surface area contributed by atoms with Crippen molar-refractivity contribution >= 4 is 41.0 Å². The minimum absolute atomic E-state index is 0.196. The van der Waals surface area contributed by atoms with Crippen molar-refractivity contribution in [3.05, 3.63) is 72.3 Å². The summed E-state index contributed by atoms with van der Waals surface area (Å²) in [5.41, 5.74) is 1.06. The Labute approximate surface area is 194 Å². The number of amides is 4. The van der Waals surface area contributed by atoms with Crippen LogP contribution < -0.4 is 9.80 Å². The fourth-order valence-corrected chi connectivity index (χ4v) is 6.33. The van der Waals surface area contributed by atoms with Crippen molar-refractivity contribution in [2.75, 3.05) is 16.9 Å². The van der Waals surface area contributed by atoms with Crippen LogP contribution in [-0.2, 0) is 28.7 Å². The first-order chi connectivity index (χ1) is 16.5. The number of anilines is 2. The molecule has 8 nitrogen and oxygen atoms in total. The number of carbonyl (C=O) groups is 5. The lowest BCUT2D eigenvalue weighted by Crippen LogP contribution is -2.53. The molecule has 8 heteroatoms. The molecule has 1 saturated carbocycles. The smallest absolute Gasteiger partial charge is 0.333 e. The maximum Gasteiger partial charge on any atom is 0.333 e. The number of imide groups is 2. The van der Waals surface area contributed by atoms with Gasteiger partial charge in [0, 0.05) is 17.4 Å². The predicted molar refractivity (Wildman–Crippen MR) is 119 cm³/mol. The van der Waals surface area contributed by atoms with Gasteiger partial charge in [0.15, 0.2) is 0 Å². The molecule has 0 aromatic heterocycles. The van der Waals surface area contributed by atoms with E-state index in [-0.39, 0.29) is 5.57 Å². The second kappa shape index (κ2) is 7.21. The number of ether oxygens (including phenoxy) is 1. The number of para-hydroxylation sites is 2. The van der Waals surface area contributed by atoms with E-state index in [9.17, 15) is 24.0 Å². The average Bonchev–Trinajstić information content (AvgIpc) is 3.30. The summed E-state index contributed by atoms with van der Waals surface area (Å²) in [5, 5.41) is 0. The van der Waals surface area contributed by atoms with Crippen LogP contribution in [-0.4, -0.2) is 36.7 Å². The molecule has 0 spiro atoms. The first kappa shape index (κ1) is 20.5. The highest BCUT2D eigenvalue weighted by Gasteiger charge is 2.71. The molecule has 3 fully saturated rings. The largest absolute Gasteiger partial charge is 0.466 e. The van der Waals surface area contributed by atoms with Gasteiger partial charge in [-0.2, -0.15) is 0 Å². The molecule has 0 radical (unpaired) electrons. The second-order valence-corrected chi connectivity index (χ2v) is 9.01. The third-order valence-electron chi connectivity index (χ3n) is 7.58. The molecule has 3 aliphatic carbocycles. The van der Waals surface area contributed by atoms with Crippen molar-refractivity contribution in [1.82, 2.24) is 0 Å². The first-order valence-corrected chi connectivity index (χ1v) is 11.1. The fourth-order valence-electron chi connectivity index (χ4n) is 6.33. The molecule has 170 valence electrons. The molecule has 2 aromatic rings. The molecule has 4 amide bonds. The molecule has 2 aliphatic heterocycles. The number of allylic oxidation sites excluding steroid dienone is 1. The van der Waals surface area contributed by atoms with Gasteiger partial charge < -0.3 is 4.74 Å².